The van der Waals surface area contributed by atoms with Crippen molar-refractivity contribution in [1.82, 2.24) is 14.7 Å². The van der Waals surface area contributed by atoms with E-state index >= 15 is 0 Å². The Bertz CT molecular complexity index is 976. The molecule has 0 amide bonds. The minimum atomic E-state index is -0.724. The quantitative estimate of drug-likeness (QED) is 0.478. The van der Waals surface area contributed by atoms with Gasteiger partial charge in [-0.2, -0.15) is 5.10 Å². The van der Waals surface area contributed by atoms with E-state index < -0.39 is 5.97 Å². The minimum Gasteiger partial charge on any atom is -0.492 e. The molecular weight excluding hydrogens is 426 g/mol. The molecule has 1 N–H and O–H groups in total. The summed E-state index contributed by atoms with van der Waals surface area (Å²) in [6, 6.07) is 20.8. The highest BCUT2D eigenvalue weighted by Crippen LogP contribution is 2.21. The standard InChI is InChI=1S/C25H29N3O3.ClH/c29-25(30)9-5-16-27-15-4-8-22(27)19-31-23-12-10-20(11-13-23)18-28-17-14-24(26-28)21-6-2-1-3-7-21;/h1-3,6-7,10-14,17,22H,4-5,8-9,15-16,18-19H2,(H,29,30);1H/t22-;/m1./s1. The van der Waals surface area contributed by atoms with E-state index in [0.717, 1.165) is 42.9 Å². The predicted octanol–water partition coefficient (Wildman–Crippen LogP) is 4.73. The number of hydrogen-bond donors (Lipinski definition) is 1. The number of ether oxygens (including phenoxy) is 1. The fraction of sp³-hybridized carbons (Fsp3) is 0.360. The highest BCUT2D eigenvalue weighted by molar-refractivity contribution is 5.85. The Morgan fingerprint density at radius 3 is 2.62 bits per heavy atom. The molecule has 0 spiro atoms. The average molecular weight is 456 g/mol. The maximum atomic E-state index is 10.7. The highest BCUT2D eigenvalue weighted by atomic mass is 35.5. The van der Waals surface area contributed by atoms with Crippen molar-refractivity contribution in [3.8, 4) is 17.0 Å². The number of hydrogen-bond acceptors (Lipinski definition) is 4. The van der Waals surface area contributed by atoms with Crippen molar-refractivity contribution in [3.05, 3.63) is 72.4 Å². The molecule has 0 radical (unpaired) electrons. The van der Waals surface area contributed by atoms with E-state index in [4.69, 9.17) is 9.84 Å². The van der Waals surface area contributed by atoms with Crippen molar-refractivity contribution >= 4 is 18.4 Å². The Balaban J connectivity index is 0.00000289. The van der Waals surface area contributed by atoms with Gasteiger partial charge in [-0.3, -0.25) is 14.4 Å². The zero-order valence-corrected chi connectivity index (χ0v) is 18.9. The summed E-state index contributed by atoms with van der Waals surface area (Å²) < 4.78 is 7.98. The molecule has 1 fully saturated rings. The second kappa shape index (κ2) is 11.7. The van der Waals surface area contributed by atoms with Gasteiger partial charge in [-0.25, -0.2) is 0 Å². The Labute approximate surface area is 195 Å². The van der Waals surface area contributed by atoms with Crippen LogP contribution in [0.5, 0.6) is 5.75 Å². The van der Waals surface area contributed by atoms with E-state index in [0.29, 0.717) is 25.6 Å². The third-order valence-electron chi connectivity index (χ3n) is 5.76. The molecule has 0 unspecified atom stereocenters. The van der Waals surface area contributed by atoms with E-state index in [1.807, 2.05) is 47.3 Å². The number of aromatic nitrogens is 2. The number of likely N-dealkylation sites (tertiary alicyclic amines) is 1. The van der Waals surface area contributed by atoms with Crippen LogP contribution in [0.3, 0.4) is 0 Å². The van der Waals surface area contributed by atoms with Crippen LogP contribution < -0.4 is 4.74 Å². The summed E-state index contributed by atoms with van der Waals surface area (Å²) in [4.78, 5) is 13.1. The number of benzene rings is 2. The van der Waals surface area contributed by atoms with Crippen molar-refractivity contribution < 1.29 is 14.6 Å². The summed E-state index contributed by atoms with van der Waals surface area (Å²) in [5.74, 6) is 0.144. The first-order chi connectivity index (χ1) is 15.2. The van der Waals surface area contributed by atoms with E-state index in [9.17, 15) is 4.79 Å². The van der Waals surface area contributed by atoms with Gasteiger partial charge in [0.2, 0.25) is 0 Å². The fourth-order valence-corrected chi connectivity index (χ4v) is 4.09. The maximum Gasteiger partial charge on any atom is 0.303 e. The van der Waals surface area contributed by atoms with Crippen LogP contribution in [0.2, 0.25) is 0 Å². The van der Waals surface area contributed by atoms with E-state index in [2.05, 4.69) is 34.3 Å². The number of carbonyl (C=O) groups is 1. The zero-order valence-electron chi connectivity index (χ0n) is 18.1. The average Bonchev–Trinajstić information content (AvgIpc) is 3.43. The SMILES string of the molecule is Cl.O=C(O)CCCN1CCC[C@@H]1COc1ccc(Cn2ccc(-c3ccccc3)n2)cc1. The van der Waals surface area contributed by atoms with Crippen molar-refractivity contribution in [2.45, 2.75) is 38.3 Å². The summed E-state index contributed by atoms with van der Waals surface area (Å²) in [6.45, 7) is 3.22. The Morgan fingerprint density at radius 1 is 1.09 bits per heavy atom. The molecular formula is C25H30ClN3O3. The van der Waals surface area contributed by atoms with Crippen LogP contribution in [-0.4, -0.2) is 51.5 Å². The molecule has 1 aliphatic rings. The molecule has 1 atom stereocenters. The van der Waals surface area contributed by atoms with Crippen LogP contribution in [0.1, 0.15) is 31.2 Å². The number of halogens is 1. The van der Waals surface area contributed by atoms with Crippen LogP contribution in [0.25, 0.3) is 11.3 Å². The molecule has 4 rings (SSSR count). The highest BCUT2D eigenvalue weighted by Gasteiger charge is 2.24. The molecule has 1 saturated heterocycles. The van der Waals surface area contributed by atoms with Gasteiger partial charge in [0.25, 0.3) is 0 Å². The first-order valence-electron chi connectivity index (χ1n) is 10.9. The molecule has 3 aromatic rings. The van der Waals surface area contributed by atoms with E-state index in [1.165, 1.54) is 5.56 Å². The van der Waals surface area contributed by atoms with Crippen molar-refractivity contribution in [2.24, 2.45) is 0 Å². The lowest BCUT2D eigenvalue weighted by Crippen LogP contribution is -2.35. The van der Waals surface area contributed by atoms with Crippen LogP contribution in [0.15, 0.2) is 66.9 Å². The molecule has 1 aliphatic heterocycles. The number of nitrogens with zero attached hydrogens (tertiary/aromatic N) is 3. The lowest BCUT2D eigenvalue weighted by molar-refractivity contribution is -0.137. The Morgan fingerprint density at radius 2 is 1.88 bits per heavy atom. The van der Waals surface area contributed by atoms with Crippen molar-refractivity contribution in [2.75, 3.05) is 19.7 Å². The van der Waals surface area contributed by atoms with Gasteiger partial charge >= 0.3 is 5.97 Å². The predicted molar refractivity (Wildman–Crippen MR) is 127 cm³/mol. The van der Waals surface area contributed by atoms with Crippen molar-refractivity contribution in [3.63, 3.8) is 0 Å². The third kappa shape index (κ3) is 6.58. The normalized spacial score (nSPS) is 15.9. The zero-order chi connectivity index (χ0) is 21.5. The van der Waals surface area contributed by atoms with Gasteiger partial charge in [-0.15, -0.1) is 12.4 Å². The molecule has 6 nitrogen and oxygen atoms in total. The maximum absolute atomic E-state index is 10.7. The molecule has 0 saturated carbocycles. The number of carboxylic acid groups (broad SMARTS) is 1. The topological polar surface area (TPSA) is 67.6 Å². The first-order valence-corrected chi connectivity index (χ1v) is 10.9. The van der Waals surface area contributed by atoms with E-state index in [-0.39, 0.29) is 18.8 Å². The molecule has 0 aliphatic carbocycles. The summed E-state index contributed by atoms with van der Waals surface area (Å²) >= 11 is 0. The number of aliphatic carboxylic acids is 1. The van der Waals surface area contributed by atoms with Crippen LogP contribution >= 0.6 is 12.4 Å². The van der Waals surface area contributed by atoms with Gasteiger partial charge in [-0.05, 0) is 56.1 Å². The van der Waals surface area contributed by atoms with Gasteiger partial charge in [0.15, 0.2) is 0 Å². The molecule has 170 valence electrons. The van der Waals surface area contributed by atoms with Crippen molar-refractivity contribution in [1.29, 1.82) is 0 Å². The second-order valence-electron chi connectivity index (χ2n) is 8.05. The van der Waals surface area contributed by atoms with Crippen LogP contribution in [-0.2, 0) is 11.3 Å². The van der Waals surface area contributed by atoms with Crippen LogP contribution in [0, 0.1) is 0 Å². The molecule has 1 aromatic heterocycles. The lowest BCUT2D eigenvalue weighted by atomic mass is 10.2. The largest absolute Gasteiger partial charge is 0.492 e. The molecule has 32 heavy (non-hydrogen) atoms. The summed E-state index contributed by atoms with van der Waals surface area (Å²) in [5, 5.41) is 13.5. The molecule has 2 aromatic carbocycles. The summed E-state index contributed by atoms with van der Waals surface area (Å²) in [5.41, 5.74) is 3.27. The third-order valence-corrected chi connectivity index (χ3v) is 5.76. The molecule has 7 heteroatoms. The minimum absolute atomic E-state index is 0. The summed E-state index contributed by atoms with van der Waals surface area (Å²) in [7, 11) is 0. The van der Waals surface area contributed by atoms with E-state index in [1.54, 1.807) is 0 Å². The second-order valence-corrected chi connectivity index (χ2v) is 8.05. The monoisotopic (exact) mass is 455 g/mol. The van der Waals surface area contributed by atoms with Gasteiger partial charge in [0, 0.05) is 24.2 Å². The summed E-state index contributed by atoms with van der Waals surface area (Å²) in [6.07, 6.45) is 5.18. The molecule has 0 bridgehead atoms. The van der Waals surface area contributed by atoms with Gasteiger partial charge in [-0.1, -0.05) is 42.5 Å². The fourth-order valence-electron chi connectivity index (χ4n) is 4.09. The van der Waals surface area contributed by atoms with Gasteiger partial charge < -0.3 is 9.84 Å². The lowest BCUT2D eigenvalue weighted by Gasteiger charge is -2.24. The number of carboxylic acids is 1. The Kier molecular flexibility index (Phi) is 8.71. The number of rotatable bonds is 10. The van der Waals surface area contributed by atoms with Crippen LogP contribution in [0.4, 0.5) is 0 Å². The van der Waals surface area contributed by atoms with Gasteiger partial charge in [0.1, 0.15) is 12.4 Å². The first kappa shape index (κ1) is 23.8. The Hall–Kier alpha value is -2.83. The smallest absolute Gasteiger partial charge is 0.303 e. The molecule has 2 heterocycles. The van der Waals surface area contributed by atoms with Gasteiger partial charge in [0.05, 0.1) is 12.2 Å².